The van der Waals surface area contributed by atoms with Crippen molar-refractivity contribution in [2.75, 3.05) is 17.3 Å². The van der Waals surface area contributed by atoms with Gasteiger partial charge in [-0.05, 0) is 19.1 Å². The van der Waals surface area contributed by atoms with Crippen LogP contribution in [0.2, 0.25) is 0 Å². The summed E-state index contributed by atoms with van der Waals surface area (Å²) in [6.07, 6.45) is 4.52. The van der Waals surface area contributed by atoms with Crippen molar-refractivity contribution >= 4 is 17.3 Å². The molecule has 0 aliphatic carbocycles. The Hall–Kier alpha value is -2.67. The fourth-order valence-electron chi connectivity index (χ4n) is 1.59. The van der Waals surface area contributed by atoms with Gasteiger partial charge in [0.2, 0.25) is 5.88 Å². The van der Waals surface area contributed by atoms with E-state index in [0.29, 0.717) is 29.4 Å². The molecule has 104 valence electrons. The first-order valence-electron chi connectivity index (χ1n) is 6.05. The monoisotopic (exact) mass is 273 g/mol. The van der Waals surface area contributed by atoms with Crippen molar-refractivity contribution in [1.82, 2.24) is 9.97 Å². The van der Waals surface area contributed by atoms with E-state index in [4.69, 9.17) is 10.6 Å². The number of nitrogens with zero attached hydrogens (tertiary/aromatic N) is 2. The number of nitrogens with two attached hydrogens (primary N) is 1. The molecule has 20 heavy (non-hydrogen) atoms. The van der Waals surface area contributed by atoms with Gasteiger partial charge in [-0.1, -0.05) is 0 Å². The van der Waals surface area contributed by atoms with Crippen LogP contribution in [0.5, 0.6) is 5.88 Å². The topological polar surface area (TPSA) is 102 Å². The van der Waals surface area contributed by atoms with Crippen LogP contribution < -0.4 is 21.3 Å². The lowest BCUT2D eigenvalue weighted by atomic mass is 10.2. The molecule has 2 heterocycles. The molecule has 1 amide bonds. The van der Waals surface area contributed by atoms with Crippen LogP contribution in [0.25, 0.3) is 0 Å². The molecular formula is C13H15N5O2. The van der Waals surface area contributed by atoms with E-state index in [1.54, 1.807) is 18.2 Å². The number of carbonyl (C=O) groups excluding carboxylic acids is 1. The molecule has 0 spiro atoms. The number of rotatable bonds is 5. The SMILES string of the molecule is CCOc1ccc(NC(=O)c2ccncc2NN)cn1. The molecule has 2 rings (SSSR count). The Bertz CT molecular complexity index is 586. The number of hydrogen-bond donors (Lipinski definition) is 3. The van der Waals surface area contributed by atoms with Crippen molar-refractivity contribution in [3.8, 4) is 5.88 Å². The van der Waals surface area contributed by atoms with E-state index in [9.17, 15) is 4.79 Å². The number of nitrogens with one attached hydrogen (secondary N) is 2. The average molecular weight is 273 g/mol. The summed E-state index contributed by atoms with van der Waals surface area (Å²) >= 11 is 0. The number of amides is 1. The second-order valence-corrected chi connectivity index (χ2v) is 3.84. The maximum atomic E-state index is 12.1. The zero-order valence-corrected chi connectivity index (χ0v) is 11.0. The van der Waals surface area contributed by atoms with E-state index in [0.717, 1.165) is 0 Å². The lowest BCUT2D eigenvalue weighted by molar-refractivity contribution is 0.102. The summed E-state index contributed by atoms with van der Waals surface area (Å²) in [7, 11) is 0. The van der Waals surface area contributed by atoms with Gasteiger partial charge in [0.1, 0.15) is 0 Å². The lowest BCUT2D eigenvalue weighted by Crippen LogP contribution is -2.17. The third-order valence-electron chi connectivity index (χ3n) is 2.51. The number of anilines is 2. The molecule has 2 aromatic rings. The lowest BCUT2D eigenvalue weighted by Gasteiger charge is -2.09. The van der Waals surface area contributed by atoms with Gasteiger partial charge in [0.15, 0.2) is 0 Å². The molecule has 0 bridgehead atoms. The van der Waals surface area contributed by atoms with Crippen LogP contribution >= 0.6 is 0 Å². The first kappa shape index (κ1) is 13.8. The molecule has 0 aliphatic heterocycles. The van der Waals surface area contributed by atoms with E-state index in [1.165, 1.54) is 18.6 Å². The Morgan fingerprint density at radius 2 is 2.20 bits per heavy atom. The van der Waals surface area contributed by atoms with Gasteiger partial charge in [-0.3, -0.25) is 15.6 Å². The fraction of sp³-hybridized carbons (Fsp3) is 0.154. The van der Waals surface area contributed by atoms with Crippen LogP contribution in [0.15, 0.2) is 36.8 Å². The predicted octanol–water partition coefficient (Wildman–Crippen LogP) is 1.41. The Morgan fingerprint density at radius 3 is 2.85 bits per heavy atom. The summed E-state index contributed by atoms with van der Waals surface area (Å²) < 4.78 is 5.23. The molecule has 0 aromatic carbocycles. The largest absolute Gasteiger partial charge is 0.478 e. The number of carbonyl (C=O) groups is 1. The number of hydrogen-bond acceptors (Lipinski definition) is 6. The molecule has 0 radical (unpaired) electrons. The molecule has 7 nitrogen and oxygen atoms in total. The molecule has 0 aliphatic rings. The summed E-state index contributed by atoms with van der Waals surface area (Å²) in [6, 6.07) is 4.98. The summed E-state index contributed by atoms with van der Waals surface area (Å²) in [5.74, 6) is 5.55. The van der Waals surface area contributed by atoms with Crippen LogP contribution in [-0.4, -0.2) is 22.5 Å². The molecule has 0 unspecified atom stereocenters. The van der Waals surface area contributed by atoms with Crippen molar-refractivity contribution in [3.05, 3.63) is 42.4 Å². The van der Waals surface area contributed by atoms with Crippen LogP contribution in [0.4, 0.5) is 11.4 Å². The molecule has 0 saturated heterocycles. The standard InChI is InChI=1S/C13H15N5O2/c1-2-20-12-4-3-9(7-16-12)17-13(19)10-5-6-15-8-11(10)18-14/h3-8,18H,2,14H2,1H3,(H,17,19). The van der Waals surface area contributed by atoms with E-state index in [2.05, 4.69) is 20.7 Å². The van der Waals surface area contributed by atoms with Crippen LogP contribution in [0.1, 0.15) is 17.3 Å². The Morgan fingerprint density at radius 1 is 1.35 bits per heavy atom. The molecule has 7 heteroatoms. The van der Waals surface area contributed by atoms with Crippen molar-refractivity contribution in [2.24, 2.45) is 5.84 Å². The summed E-state index contributed by atoms with van der Waals surface area (Å²) in [4.78, 5) is 20.1. The van der Waals surface area contributed by atoms with Gasteiger partial charge in [0.25, 0.3) is 5.91 Å². The smallest absolute Gasteiger partial charge is 0.257 e. The molecular weight excluding hydrogens is 258 g/mol. The fourth-order valence-corrected chi connectivity index (χ4v) is 1.59. The first-order valence-corrected chi connectivity index (χ1v) is 6.05. The maximum absolute atomic E-state index is 12.1. The van der Waals surface area contributed by atoms with Gasteiger partial charge in [0, 0.05) is 12.3 Å². The third-order valence-corrected chi connectivity index (χ3v) is 2.51. The summed E-state index contributed by atoms with van der Waals surface area (Å²) in [5.41, 5.74) is 3.84. The quantitative estimate of drug-likeness (QED) is 0.562. The highest BCUT2D eigenvalue weighted by molar-refractivity contribution is 6.07. The first-order chi connectivity index (χ1) is 9.74. The van der Waals surface area contributed by atoms with Crippen LogP contribution in [0, 0.1) is 0 Å². The van der Waals surface area contributed by atoms with Crippen molar-refractivity contribution < 1.29 is 9.53 Å². The van der Waals surface area contributed by atoms with Gasteiger partial charge in [-0.25, -0.2) is 4.98 Å². The Labute approximate surface area is 116 Å². The number of ether oxygens (including phenoxy) is 1. The minimum atomic E-state index is -0.300. The second-order valence-electron chi connectivity index (χ2n) is 3.84. The minimum Gasteiger partial charge on any atom is -0.478 e. The molecule has 2 aromatic heterocycles. The van der Waals surface area contributed by atoms with Crippen LogP contribution in [0.3, 0.4) is 0 Å². The number of pyridine rings is 2. The number of hydrazine groups is 1. The summed E-state index contributed by atoms with van der Waals surface area (Å²) in [5, 5.41) is 2.72. The van der Waals surface area contributed by atoms with Crippen LogP contribution in [-0.2, 0) is 0 Å². The minimum absolute atomic E-state index is 0.300. The van der Waals surface area contributed by atoms with Crippen molar-refractivity contribution in [1.29, 1.82) is 0 Å². The molecule has 0 fully saturated rings. The summed E-state index contributed by atoms with van der Waals surface area (Å²) in [6.45, 7) is 2.42. The highest BCUT2D eigenvalue weighted by Crippen LogP contribution is 2.16. The van der Waals surface area contributed by atoms with Gasteiger partial charge in [-0.2, -0.15) is 0 Å². The average Bonchev–Trinajstić information content (AvgIpc) is 2.49. The Kier molecular flexibility index (Phi) is 4.46. The van der Waals surface area contributed by atoms with E-state index in [-0.39, 0.29) is 5.91 Å². The van der Waals surface area contributed by atoms with Crippen molar-refractivity contribution in [3.63, 3.8) is 0 Å². The zero-order chi connectivity index (χ0) is 14.4. The number of nitrogen functional groups attached to an aromatic ring is 1. The zero-order valence-electron chi connectivity index (χ0n) is 11.0. The number of aromatic nitrogens is 2. The van der Waals surface area contributed by atoms with Gasteiger partial charge < -0.3 is 15.5 Å². The predicted molar refractivity (Wildman–Crippen MR) is 75.4 cm³/mol. The van der Waals surface area contributed by atoms with Gasteiger partial charge >= 0.3 is 0 Å². The highest BCUT2D eigenvalue weighted by Gasteiger charge is 2.11. The molecule has 0 atom stereocenters. The molecule has 0 saturated carbocycles. The van der Waals surface area contributed by atoms with E-state index >= 15 is 0 Å². The normalized spacial score (nSPS) is 9.90. The Balaban J connectivity index is 2.11. The maximum Gasteiger partial charge on any atom is 0.257 e. The highest BCUT2D eigenvalue weighted by atomic mass is 16.5. The molecule has 4 N–H and O–H groups in total. The van der Waals surface area contributed by atoms with E-state index in [1.807, 2.05) is 6.92 Å². The second kappa shape index (κ2) is 6.48. The van der Waals surface area contributed by atoms with Crippen molar-refractivity contribution in [2.45, 2.75) is 6.92 Å². The van der Waals surface area contributed by atoms with E-state index < -0.39 is 0 Å². The van der Waals surface area contributed by atoms with Gasteiger partial charge in [-0.15, -0.1) is 0 Å². The third kappa shape index (κ3) is 3.21. The van der Waals surface area contributed by atoms with Gasteiger partial charge in [0.05, 0.1) is 35.9 Å².